The van der Waals surface area contributed by atoms with Crippen molar-refractivity contribution in [3.8, 4) is 28.6 Å². The van der Waals surface area contributed by atoms with Crippen LogP contribution in [0.1, 0.15) is 25.0 Å². The molecule has 3 aromatic rings. The van der Waals surface area contributed by atoms with Crippen LogP contribution in [0.2, 0.25) is 0 Å². The number of ether oxygens (including phenoxy) is 2. The fourth-order valence-electron chi connectivity index (χ4n) is 4.04. The van der Waals surface area contributed by atoms with Crippen molar-refractivity contribution >= 4 is 11.0 Å². The Hall–Kier alpha value is -3.07. The molecular weight excluding hydrogens is 380 g/mol. The molecule has 4 N–H and O–H groups in total. The number of hydrogen-bond donors (Lipinski definition) is 4. The third kappa shape index (κ3) is 2.61. The van der Waals surface area contributed by atoms with E-state index in [1.54, 1.807) is 12.1 Å². The van der Waals surface area contributed by atoms with Crippen LogP contribution in [0.25, 0.3) is 22.3 Å². The van der Waals surface area contributed by atoms with E-state index >= 15 is 0 Å². The van der Waals surface area contributed by atoms with Gasteiger partial charge in [-0.05, 0) is 24.3 Å². The SMILES string of the molecule is C[C@@]12Oc3cc4oc(-c5ccc(O)cc5)cc(=O)c4c(O)c3[C@@H](C[C@H](O)[C@H]1O)O2. The first-order chi connectivity index (χ1) is 13.8. The third-order valence-corrected chi connectivity index (χ3v) is 5.51. The maximum Gasteiger partial charge on any atom is 0.237 e. The summed E-state index contributed by atoms with van der Waals surface area (Å²) in [5.74, 6) is -1.28. The van der Waals surface area contributed by atoms with Crippen molar-refractivity contribution in [1.82, 2.24) is 0 Å². The molecule has 0 saturated carbocycles. The van der Waals surface area contributed by atoms with Gasteiger partial charge in [0.1, 0.15) is 40.1 Å². The fourth-order valence-corrected chi connectivity index (χ4v) is 4.04. The molecular formula is C21H18O8. The zero-order valence-corrected chi connectivity index (χ0v) is 15.3. The normalized spacial score (nSPS) is 28.0. The predicted octanol–water partition coefficient (Wildman–Crippen LogP) is 2.16. The zero-order chi connectivity index (χ0) is 20.5. The van der Waals surface area contributed by atoms with Crippen LogP contribution in [-0.4, -0.2) is 38.4 Å². The van der Waals surface area contributed by atoms with Gasteiger partial charge in [0.15, 0.2) is 5.43 Å². The van der Waals surface area contributed by atoms with Crippen LogP contribution in [0, 0.1) is 0 Å². The molecule has 150 valence electrons. The van der Waals surface area contributed by atoms with Gasteiger partial charge in [-0.1, -0.05) is 0 Å². The van der Waals surface area contributed by atoms with Crippen molar-refractivity contribution in [3.05, 3.63) is 52.2 Å². The molecule has 8 heteroatoms. The molecule has 8 nitrogen and oxygen atoms in total. The van der Waals surface area contributed by atoms with E-state index in [0.29, 0.717) is 5.56 Å². The summed E-state index contributed by atoms with van der Waals surface area (Å²) in [6, 6.07) is 8.89. The van der Waals surface area contributed by atoms with E-state index < -0.39 is 29.5 Å². The highest BCUT2D eigenvalue weighted by molar-refractivity contribution is 5.88. The molecule has 29 heavy (non-hydrogen) atoms. The quantitative estimate of drug-likeness (QED) is 0.491. The summed E-state index contributed by atoms with van der Waals surface area (Å²) in [6.07, 6.45) is -3.08. The Morgan fingerprint density at radius 2 is 1.83 bits per heavy atom. The number of aromatic hydroxyl groups is 2. The monoisotopic (exact) mass is 398 g/mol. The predicted molar refractivity (Wildman–Crippen MR) is 101 cm³/mol. The van der Waals surface area contributed by atoms with Crippen LogP contribution in [0.4, 0.5) is 0 Å². The van der Waals surface area contributed by atoms with Crippen molar-refractivity contribution in [2.45, 2.75) is 37.4 Å². The van der Waals surface area contributed by atoms with Gasteiger partial charge < -0.3 is 34.3 Å². The summed E-state index contributed by atoms with van der Waals surface area (Å²) in [7, 11) is 0. The average Bonchev–Trinajstić information content (AvgIpc) is 2.66. The minimum absolute atomic E-state index is 0.0253. The largest absolute Gasteiger partial charge is 0.508 e. The second-order valence-corrected chi connectivity index (χ2v) is 7.50. The smallest absolute Gasteiger partial charge is 0.237 e. The van der Waals surface area contributed by atoms with Crippen molar-refractivity contribution in [3.63, 3.8) is 0 Å². The summed E-state index contributed by atoms with van der Waals surface area (Å²) in [5, 5.41) is 40.6. The Bertz CT molecular complexity index is 1180. The van der Waals surface area contributed by atoms with Crippen LogP contribution >= 0.6 is 0 Å². The van der Waals surface area contributed by atoms with Gasteiger partial charge >= 0.3 is 0 Å². The van der Waals surface area contributed by atoms with Crippen molar-refractivity contribution in [1.29, 1.82) is 0 Å². The molecule has 2 aliphatic rings. The van der Waals surface area contributed by atoms with Gasteiger partial charge in [0.25, 0.3) is 0 Å². The summed E-state index contributed by atoms with van der Waals surface area (Å²) in [6.45, 7) is 1.50. The maximum atomic E-state index is 12.8. The zero-order valence-electron chi connectivity index (χ0n) is 15.3. The lowest BCUT2D eigenvalue weighted by atomic mass is 9.88. The molecule has 1 aromatic heterocycles. The third-order valence-electron chi connectivity index (χ3n) is 5.51. The summed E-state index contributed by atoms with van der Waals surface area (Å²) in [4.78, 5) is 12.8. The molecule has 0 amide bonds. The van der Waals surface area contributed by atoms with E-state index in [0.717, 1.165) is 0 Å². The lowest BCUT2D eigenvalue weighted by Crippen LogP contribution is -2.59. The summed E-state index contributed by atoms with van der Waals surface area (Å²) >= 11 is 0. The first kappa shape index (κ1) is 18.0. The van der Waals surface area contributed by atoms with Crippen LogP contribution in [0.15, 0.2) is 45.6 Å². The number of fused-ring (bicyclic) bond motifs is 5. The topological polar surface area (TPSA) is 130 Å². The number of benzene rings is 2. The molecule has 0 unspecified atom stereocenters. The van der Waals surface area contributed by atoms with Crippen molar-refractivity contribution in [2.75, 3.05) is 0 Å². The number of phenols is 2. The van der Waals surface area contributed by atoms with Crippen LogP contribution in [0.3, 0.4) is 0 Å². The Morgan fingerprint density at radius 3 is 2.55 bits per heavy atom. The molecule has 5 rings (SSSR count). The lowest BCUT2D eigenvalue weighted by Gasteiger charge is -2.48. The Morgan fingerprint density at radius 1 is 1.10 bits per heavy atom. The second kappa shape index (κ2) is 5.96. The standard InChI is InChI=1S/C21H18O8/c1-21-20(26)12(24)7-15(28-21)18-16(29-21)8-14-17(19(18)25)11(23)6-13(27-14)9-2-4-10(22)5-3-9/h2-6,8,12,15,20,22,24-26H,7H2,1H3/t12-,15+,20+,21+/m0/s1. The Balaban J connectivity index is 1.72. The van der Waals surface area contributed by atoms with E-state index in [9.17, 15) is 25.2 Å². The number of rotatable bonds is 1. The average molecular weight is 398 g/mol. The molecule has 4 atom stereocenters. The van der Waals surface area contributed by atoms with Gasteiger partial charge in [-0.15, -0.1) is 0 Å². The van der Waals surface area contributed by atoms with E-state index in [-0.39, 0.29) is 46.0 Å². The molecule has 0 aliphatic carbocycles. The van der Waals surface area contributed by atoms with Crippen LogP contribution < -0.4 is 10.2 Å². The number of hydrogen-bond acceptors (Lipinski definition) is 8. The first-order valence-corrected chi connectivity index (χ1v) is 9.13. The van der Waals surface area contributed by atoms with Gasteiger partial charge in [0, 0.05) is 31.0 Å². The van der Waals surface area contributed by atoms with E-state index in [4.69, 9.17) is 13.9 Å². The van der Waals surface area contributed by atoms with Crippen LogP contribution in [-0.2, 0) is 4.74 Å². The van der Waals surface area contributed by atoms with Gasteiger partial charge in [-0.25, -0.2) is 0 Å². The minimum Gasteiger partial charge on any atom is -0.508 e. The Kier molecular flexibility index (Phi) is 3.70. The summed E-state index contributed by atoms with van der Waals surface area (Å²) < 4.78 is 17.4. The molecule has 2 bridgehead atoms. The second-order valence-electron chi connectivity index (χ2n) is 7.50. The van der Waals surface area contributed by atoms with E-state index in [1.165, 1.54) is 31.2 Å². The first-order valence-electron chi connectivity index (χ1n) is 9.13. The maximum absolute atomic E-state index is 12.8. The van der Waals surface area contributed by atoms with Gasteiger partial charge in [-0.2, -0.15) is 0 Å². The summed E-state index contributed by atoms with van der Waals surface area (Å²) in [5.41, 5.74) is 0.464. The number of aliphatic hydroxyl groups excluding tert-OH is 2. The highest BCUT2D eigenvalue weighted by atomic mass is 16.7. The van der Waals surface area contributed by atoms with Crippen LogP contribution in [0.5, 0.6) is 17.2 Å². The van der Waals surface area contributed by atoms with Crippen molar-refractivity contribution < 1.29 is 34.3 Å². The molecule has 1 fully saturated rings. The molecule has 2 aromatic carbocycles. The molecule has 2 aliphatic heterocycles. The molecule has 3 heterocycles. The lowest BCUT2D eigenvalue weighted by molar-refractivity contribution is -0.312. The number of aliphatic hydroxyl groups is 2. The van der Waals surface area contributed by atoms with Gasteiger partial charge in [-0.3, -0.25) is 4.79 Å². The molecule has 1 saturated heterocycles. The van der Waals surface area contributed by atoms with Crippen molar-refractivity contribution in [2.24, 2.45) is 0 Å². The highest BCUT2D eigenvalue weighted by Crippen LogP contribution is 2.51. The minimum atomic E-state index is -1.50. The van der Waals surface area contributed by atoms with E-state index in [1.807, 2.05) is 0 Å². The molecule has 0 radical (unpaired) electrons. The van der Waals surface area contributed by atoms with E-state index in [2.05, 4.69) is 0 Å². The molecule has 0 spiro atoms. The highest BCUT2D eigenvalue weighted by Gasteiger charge is 2.53. The Labute approximate surface area is 164 Å². The fraction of sp³-hybridized carbons (Fsp3) is 0.286. The van der Waals surface area contributed by atoms with Gasteiger partial charge in [0.05, 0.1) is 17.8 Å². The van der Waals surface area contributed by atoms with Gasteiger partial charge in [0.2, 0.25) is 5.79 Å². The number of phenolic OH excluding ortho intramolecular Hbond substituents is 2.